The molecule has 0 aromatic heterocycles. The number of rotatable bonds is 4. The first-order valence-corrected chi connectivity index (χ1v) is 7.13. The van der Waals surface area contributed by atoms with Crippen molar-refractivity contribution in [2.45, 2.75) is 13.1 Å². The van der Waals surface area contributed by atoms with E-state index in [1.165, 1.54) is 18.2 Å². The molecule has 2 rings (SSSR count). The second kappa shape index (κ2) is 7.17. The van der Waals surface area contributed by atoms with E-state index in [0.717, 1.165) is 29.3 Å². The zero-order valence-corrected chi connectivity index (χ0v) is 12.8. The summed E-state index contributed by atoms with van der Waals surface area (Å²) in [6.45, 7) is 1.90. The molecule has 0 spiro atoms. The van der Waals surface area contributed by atoms with Crippen molar-refractivity contribution in [3.8, 4) is 0 Å². The molecule has 0 bridgehead atoms. The van der Waals surface area contributed by atoms with Gasteiger partial charge in [0, 0.05) is 6.08 Å². The fourth-order valence-corrected chi connectivity index (χ4v) is 2.24. The first-order valence-electron chi connectivity index (χ1n) is 7.13. The van der Waals surface area contributed by atoms with Gasteiger partial charge < -0.3 is 5.11 Å². The molecule has 2 aromatic rings. The fourth-order valence-electron chi connectivity index (χ4n) is 2.24. The zero-order valence-electron chi connectivity index (χ0n) is 12.8. The molecular weight excluding hydrogens is 317 g/mol. The van der Waals surface area contributed by atoms with Crippen LogP contribution in [0.4, 0.5) is 13.2 Å². The number of hydrogen-bond acceptors (Lipinski definition) is 1. The molecule has 124 valence electrons. The Morgan fingerprint density at radius 2 is 1.71 bits per heavy atom. The van der Waals surface area contributed by atoms with Crippen molar-refractivity contribution in [3.05, 3.63) is 89.0 Å². The molecule has 2 nitrogen and oxygen atoms in total. The second-order valence-corrected chi connectivity index (χ2v) is 5.22. The second-order valence-electron chi connectivity index (χ2n) is 5.22. The summed E-state index contributed by atoms with van der Waals surface area (Å²) in [7, 11) is 0. The topological polar surface area (TPSA) is 37.3 Å². The summed E-state index contributed by atoms with van der Waals surface area (Å²) in [6.07, 6.45) is -0.488. The molecule has 1 N–H and O–H groups in total. The number of halogens is 3. The van der Waals surface area contributed by atoms with E-state index in [4.69, 9.17) is 5.11 Å². The first kappa shape index (κ1) is 17.5. The Balaban J connectivity index is 2.48. The molecule has 2 aromatic carbocycles. The number of carboxylic acids is 1. The van der Waals surface area contributed by atoms with Crippen LogP contribution in [0.3, 0.4) is 0 Å². The third-order valence-corrected chi connectivity index (χ3v) is 3.35. The number of aliphatic carboxylic acids is 1. The Morgan fingerprint density at radius 1 is 1.04 bits per heavy atom. The number of alkyl halides is 3. The normalized spacial score (nSPS) is 12.6. The number of carboxylic acid groups (broad SMARTS) is 1. The van der Waals surface area contributed by atoms with E-state index in [1.807, 2.05) is 31.2 Å². The molecular formula is C19H15F3O2. The van der Waals surface area contributed by atoms with Crippen molar-refractivity contribution in [2.75, 3.05) is 0 Å². The minimum atomic E-state index is -4.39. The number of hydrogen-bond donors (Lipinski definition) is 1. The molecule has 0 amide bonds. The van der Waals surface area contributed by atoms with Gasteiger partial charge in [0.15, 0.2) is 0 Å². The van der Waals surface area contributed by atoms with Crippen LogP contribution in [-0.2, 0) is 11.0 Å². The van der Waals surface area contributed by atoms with E-state index in [0.29, 0.717) is 11.1 Å². The molecule has 0 radical (unpaired) electrons. The van der Waals surface area contributed by atoms with E-state index in [9.17, 15) is 18.0 Å². The van der Waals surface area contributed by atoms with Gasteiger partial charge in [-0.15, -0.1) is 0 Å². The van der Waals surface area contributed by atoms with Crippen LogP contribution in [0.25, 0.3) is 5.57 Å². The third-order valence-electron chi connectivity index (χ3n) is 3.35. The minimum absolute atomic E-state index is 0.573. The molecule has 0 saturated carbocycles. The maximum atomic E-state index is 12.7. The van der Waals surface area contributed by atoms with Gasteiger partial charge in [0.1, 0.15) is 0 Å². The highest BCUT2D eigenvalue weighted by molar-refractivity contribution is 5.84. The monoisotopic (exact) mass is 332 g/mol. The maximum Gasteiger partial charge on any atom is 0.416 e. The molecule has 0 fully saturated rings. The van der Waals surface area contributed by atoms with Crippen molar-refractivity contribution in [2.24, 2.45) is 0 Å². The summed E-state index contributed by atoms with van der Waals surface area (Å²) < 4.78 is 38.1. The minimum Gasteiger partial charge on any atom is -0.478 e. The summed E-state index contributed by atoms with van der Waals surface area (Å²) in [6, 6.07) is 12.2. The summed E-state index contributed by atoms with van der Waals surface area (Å²) in [4.78, 5) is 10.6. The summed E-state index contributed by atoms with van der Waals surface area (Å²) in [5, 5.41) is 8.70. The van der Waals surface area contributed by atoms with Crippen LogP contribution in [0.5, 0.6) is 0 Å². The van der Waals surface area contributed by atoms with Crippen molar-refractivity contribution in [1.82, 2.24) is 0 Å². The van der Waals surface area contributed by atoms with Crippen LogP contribution in [0, 0.1) is 6.92 Å². The lowest BCUT2D eigenvalue weighted by atomic mass is 9.95. The zero-order chi connectivity index (χ0) is 17.7. The lowest BCUT2D eigenvalue weighted by molar-refractivity contribution is -0.137. The highest BCUT2D eigenvalue weighted by Gasteiger charge is 2.30. The Kier molecular flexibility index (Phi) is 5.24. The Labute approximate surface area is 137 Å². The van der Waals surface area contributed by atoms with Gasteiger partial charge in [-0.3, -0.25) is 0 Å². The summed E-state index contributed by atoms with van der Waals surface area (Å²) >= 11 is 0. The Hall–Kier alpha value is -2.82. The van der Waals surface area contributed by atoms with Crippen molar-refractivity contribution >= 4 is 11.5 Å². The first-order chi connectivity index (χ1) is 11.3. The molecule has 0 aliphatic rings. The molecule has 0 unspecified atom stereocenters. The quantitative estimate of drug-likeness (QED) is 0.626. The fraction of sp³-hybridized carbons (Fsp3) is 0.105. The molecule has 0 aliphatic carbocycles. The van der Waals surface area contributed by atoms with Crippen LogP contribution in [0.1, 0.15) is 22.3 Å². The molecule has 5 heteroatoms. The van der Waals surface area contributed by atoms with Gasteiger partial charge in [0.2, 0.25) is 0 Å². The number of allylic oxidation sites excluding steroid dienone is 2. The lowest BCUT2D eigenvalue weighted by Crippen LogP contribution is -2.04. The average molecular weight is 332 g/mol. The molecule has 0 saturated heterocycles. The van der Waals surface area contributed by atoms with Crippen molar-refractivity contribution in [1.29, 1.82) is 0 Å². The molecule has 0 atom stereocenters. The number of aryl methyl sites for hydroxylation is 1. The Bertz CT molecular complexity index is 785. The van der Waals surface area contributed by atoms with E-state index in [1.54, 1.807) is 6.08 Å². The van der Waals surface area contributed by atoms with E-state index < -0.39 is 17.7 Å². The van der Waals surface area contributed by atoms with E-state index >= 15 is 0 Å². The highest BCUT2D eigenvalue weighted by Crippen LogP contribution is 2.31. The standard InChI is InChI=1S/C19H15F3O2/c1-13-4-2-5-15(12-13)17(6-3-7-18(23)24)14-8-10-16(11-9-14)19(20,21)22/h2-12H,1H3,(H,23,24). The van der Waals surface area contributed by atoms with Crippen molar-refractivity contribution in [3.63, 3.8) is 0 Å². The largest absolute Gasteiger partial charge is 0.478 e. The van der Waals surface area contributed by atoms with Crippen LogP contribution < -0.4 is 0 Å². The summed E-state index contributed by atoms with van der Waals surface area (Å²) in [5.41, 5.74) is 2.28. The van der Waals surface area contributed by atoms with Crippen molar-refractivity contribution < 1.29 is 23.1 Å². The average Bonchev–Trinajstić information content (AvgIpc) is 2.50. The van der Waals surface area contributed by atoms with E-state index in [-0.39, 0.29) is 0 Å². The maximum absolute atomic E-state index is 12.7. The van der Waals surface area contributed by atoms with Crippen LogP contribution in [0.15, 0.2) is 66.8 Å². The molecule has 24 heavy (non-hydrogen) atoms. The van der Waals surface area contributed by atoms with Gasteiger partial charge in [-0.25, -0.2) is 4.79 Å². The predicted octanol–water partition coefficient (Wildman–Crippen LogP) is 5.09. The van der Waals surface area contributed by atoms with Gasteiger partial charge in [0.25, 0.3) is 0 Å². The van der Waals surface area contributed by atoms with Gasteiger partial charge >= 0.3 is 12.1 Å². The number of benzene rings is 2. The molecule has 0 aliphatic heterocycles. The lowest BCUT2D eigenvalue weighted by Gasteiger charge is -2.11. The smallest absolute Gasteiger partial charge is 0.416 e. The predicted molar refractivity (Wildman–Crippen MR) is 86.5 cm³/mol. The molecule has 0 heterocycles. The van der Waals surface area contributed by atoms with Crippen LogP contribution in [-0.4, -0.2) is 11.1 Å². The highest BCUT2D eigenvalue weighted by atomic mass is 19.4. The van der Waals surface area contributed by atoms with Crippen LogP contribution in [0.2, 0.25) is 0 Å². The summed E-state index contributed by atoms with van der Waals surface area (Å²) in [5.74, 6) is -1.10. The number of carbonyl (C=O) groups is 1. The SMILES string of the molecule is Cc1cccc(C(=CC=CC(=O)O)c2ccc(C(F)(F)F)cc2)c1. The third kappa shape index (κ3) is 4.59. The van der Waals surface area contributed by atoms with E-state index in [2.05, 4.69) is 0 Å². The van der Waals surface area contributed by atoms with Gasteiger partial charge in [-0.1, -0.05) is 54.1 Å². The van der Waals surface area contributed by atoms with Gasteiger partial charge in [0.05, 0.1) is 5.56 Å². The van der Waals surface area contributed by atoms with Gasteiger partial charge in [-0.2, -0.15) is 13.2 Å². The van der Waals surface area contributed by atoms with Crippen LogP contribution >= 0.6 is 0 Å². The van der Waals surface area contributed by atoms with Gasteiger partial charge in [-0.05, 0) is 35.8 Å². The Morgan fingerprint density at radius 3 is 2.25 bits per heavy atom.